The van der Waals surface area contributed by atoms with Crippen molar-refractivity contribution >= 4 is 0 Å². The number of hydrogen-bond donors (Lipinski definition) is 0. The van der Waals surface area contributed by atoms with Crippen molar-refractivity contribution in [1.82, 2.24) is 0 Å². The topological polar surface area (TPSA) is 0 Å². The molecule has 0 amide bonds. The Labute approximate surface area is 72.4 Å². The van der Waals surface area contributed by atoms with Gasteiger partial charge in [0.1, 0.15) is 0 Å². The second-order valence-corrected chi connectivity index (χ2v) is 4.00. The first-order chi connectivity index (χ1) is 5.20. The highest BCUT2D eigenvalue weighted by Crippen LogP contribution is 2.19. The zero-order chi connectivity index (χ0) is 8.69. The molecule has 0 bridgehead atoms. The van der Waals surface area contributed by atoms with Crippen LogP contribution in [0.1, 0.15) is 59.8 Å². The van der Waals surface area contributed by atoms with E-state index in [4.69, 9.17) is 0 Å². The fraction of sp³-hybridized carbons (Fsp3) is 1.00. The molecule has 0 heteroatoms. The summed E-state index contributed by atoms with van der Waals surface area (Å²) in [6.07, 6.45) is 6.97. The van der Waals surface area contributed by atoms with Crippen LogP contribution >= 0.6 is 0 Å². The Kier molecular flexibility index (Phi) is 6.69. The van der Waals surface area contributed by atoms with Gasteiger partial charge in [0.05, 0.1) is 0 Å². The summed E-state index contributed by atoms with van der Waals surface area (Å²) < 4.78 is 0. The Hall–Kier alpha value is 0. The zero-order valence-corrected chi connectivity index (χ0v) is 8.69. The smallest absolute Gasteiger partial charge is 0.0440 e. The van der Waals surface area contributed by atoms with E-state index in [-0.39, 0.29) is 0 Å². The lowest BCUT2D eigenvalue weighted by atomic mass is 9.92. The molecule has 0 aromatic heterocycles. The van der Waals surface area contributed by atoms with Crippen molar-refractivity contribution in [2.75, 3.05) is 0 Å². The van der Waals surface area contributed by atoms with Crippen LogP contribution < -0.4 is 0 Å². The Bertz CT molecular complexity index is 76.1. The third-order valence-corrected chi connectivity index (χ3v) is 2.55. The molecule has 2 unspecified atom stereocenters. The maximum Gasteiger partial charge on any atom is -0.0440 e. The van der Waals surface area contributed by atoms with Gasteiger partial charge in [0.25, 0.3) is 0 Å². The largest absolute Gasteiger partial charge is 0.0654 e. The minimum absolute atomic E-state index is 0.932. The monoisotopic (exact) mass is 156 g/mol. The lowest BCUT2D eigenvalue weighted by Gasteiger charge is -2.14. The maximum atomic E-state index is 2.39. The molecule has 2 atom stereocenters. The van der Waals surface area contributed by atoms with Crippen molar-refractivity contribution in [3.8, 4) is 0 Å². The highest BCUT2D eigenvalue weighted by atomic mass is 14.1. The molecule has 0 saturated carbocycles. The van der Waals surface area contributed by atoms with Gasteiger partial charge < -0.3 is 0 Å². The van der Waals surface area contributed by atoms with Gasteiger partial charge in [-0.25, -0.2) is 0 Å². The molecule has 0 N–H and O–H groups in total. The molecule has 0 radical (unpaired) electrons. The summed E-state index contributed by atoms with van der Waals surface area (Å²) in [7, 11) is 0. The van der Waals surface area contributed by atoms with Gasteiger partial charge in [0, 0.05) is 0 Å². The lowest BCUT2D eigenvalue weighted by Crippen LogP contribution is -2.01. The van der Waals surface area contributed by atoms with Crippen molar-refractivity contribution in [3.05, 3.63) is 0 Å². The molecule has 0 aromatic carbocycles. The molecule has 0 aliphatic rings. The average Bonchev–Trinajstić information content (AvgIpc) is 2.00. The fourth-order valence-electron chi connectivity index (χ4n) is 1.52. The van der Waals surface area contributed by atoms with E-state index < -0.39 is 0 Å². The van der Waals surface area contributed by atoms with Crippen LogP contribution in [-0.2, 0) is 0 Å². The van der Waals surface area contributed by atoms with E-state index >= 15 is 0 Å². The molecule has 0 aliphatic carbocycles. The zero-order valence-electron chi connectivity index (χ0n) is 8.69. The van der Waals surface area contributed by atoms with Gasteiger partial charge >= 0.3 is 0 Å². The first-order valence-electron chi connectivity index (χ1n) is 5.20. The van der Waals surface area contributed by atoms with Crippen molar-refractivity contribution in [3.63, 3.8) is 0 Å². The van der Waals surface area contributed by atoms with Gasteiger partial charge in [-0.3, -0.25) is 0 Å². The van der Waals surface area contributed by atoms with Crippen LogP contribution in [0.4, 0.5) is 0 Å². The predicted octanol–water partition coefficient (Wildman–Crippen LogP) is 4.25. The van der Waals surface area contributed by atoms with Crippen molar-refractivity contribution in [2.45, 2.75) is 59.8 Å². The standard InChI is InChI=1S/C11H24/c1-5-7-8-11(4)9-10(3)6-2/h10-11H,5-9H2,1-4H3. The summed E-state index contributed by atoms with van der Waals surface area (Å²) in [5.41, 5.74) is 0. The van der Waals surface area contributed by atoms with E-state index in [2.05, 4.69) is 27.7 Å². The van der Waals surface area contributed by atoms with Gasteiger partial charge in [-0.2, -0.15) is 0 Å². The van der Waals surface area contributed by atoms with Crippen LogP contribution in [0.3, 0.4) is 0 Å². The molecule has 0 fully saturated rings. The molecule has 0 nitrogen and oxygen atoms in total. The van der Waals surface area contributed by atoms with Crippen LogP contribution in [0.25, 0.3) is 0 Å². The summed E-state index contributed by atoms with van der Waals surface area (Å²) in [6.45, 7) is 9.32. The number of rotatable bonds is 6. The Balaban J connectivity index is 3.27. The van der Waals surface area contributed by atoms with E-state index in [0.29, 0.717) is 0 Å². The summed E-state index contributed by atoms with van der Waals surface area (Å²) in [6, 6.07) is 0. The summed E-state index contributed by atoms with van der Waals surface area (Å²) >= 11 is 0. The Morgan fingerprint density at radius 2 is 1.64 bits per heavy atom. The Morgan fingerprint density at radius 1 is 1.00 bits per heavy atom. The predicted molar refractivity (Wildman–Crippen MR) is 52.8 cm³/mol. The van der Waals surface area contributed by atoms with E-state index in [1.54, 1.807) is 0 Å². The van der Waals surface area contributed by atoms with E-state index in [1.807, 2.05) is 0 Å². The summed E-state index contributed by atoms with van der Waals surface area (Å²) in [5, 5.41) is 0. The van der Waals surface area contributed by atoms with Crippen molar-refractivity contribution in [2.24, 2.45) is 11.8 Å². The molecule has 0 spiro atoms. The molecule has 11 heavy (non-hydrogen) atoms. The van der Waals surface area contributed by atoms with Crippen molar-refractivity contribution < 1.29 is 0 Å². The second-order valence-electron chi connectivity index (χ2n) is 4.00. The minimum atomic E-state index is 0.932. The van der Waals surface area contributed by atoms with Crippen LogP contribution in [-0.4, -0.2) is 0 Å². The van der Waals surface area contributed by atoms with Crippen LogP contribution in [0.2, 0.25) is 0 Å². The van der Waals surface area contributed by atoms with Gasteiger partial charge in [0.2, 0.25) is 0 Å². The highest BCUT2D eigenvalue weighted by molar-refractivity contribution is 4.57. The first-order valence-corrected chi connectivity index (χ1v) is 5.20. The lowest BCUT2D eigenvalue weighted by molar-refractivity contribution is 0.379. The van der Waals surface area contributed by atoms with Crippen LogP contribution in [0.5, 0.6) is 0 Å². The SMILES string of the molecule is CCCCC(C)CC(C)CC. The highest BCUT2D eigenvalue weighted by Gasteiger charge is 2.05. The average molecular weight is 156 g/mol. The van der Waals surface area contributed by atoms with Gasteiger partial charge in [-0.1, -0.05) is 53.4 Å². The fourth-order valence-corrected chi connectivity index (χ4v) is 1.52. The summed E-state index contributed by atoms with van der Waals surface area (Å²) in [5.74, 6) is 1.88. The molecule has 0 saturated heterocycles. The third kappa shape index (κ3) is 6.40. The Morgan fingerprint density at radius 3 is 2.09 bits per heavy atom. The van der Waals surface area contributed by atoms with E-state index in [9.17, 15) is 0 Å². The second kappa shape index (κ2) is 6.69. The van der Waals surface area contributed by atoms with E-state index in [0.717, 1.165) is 11.8 Å². The number of hydrogen-bond acceptors (Lipinski definition) is 0. The normalized spacial score (nSPS) is 16.4. The number of unbranched alkanes of at least 4 members (excludes halogenated alkanes) is 1. The minimum Gasteiger partial charge on any atom is -0.0654 e. The molecule has 0 rings (SSSR count). The quantitative estimate of drug-likeness (QED) is 0.539. The van der Waals surface area contributed by atoms with Gasteiger partial charge in [0.15, 0.2) is 0 Å². The molecule has 0 heterocycles. The summed E-state index contributed by atoms with van der Waals surface area (Å²) in [4.78, 5) is 0. The molecule has 0 aliphatic heterocycles. The van der Waals surface area contributed by atoms with Crippen LogP contribution in [0, 0.1) is 11.8 Å². The molecular weight excluding hydrogens is 132 g/mol. The molecular formula is C11H24. The van der Waals surface area contributed by atoms with Gasteiger partial charge in [-0.05, 0) is 18.3 Å². The maximum absolute atomic E-state index is 2.39. The molecule has 68 valence electrons. The van der Waals surface area contributed by atoms with E-state index in [1.165, 1.54) is 32.1 Å². The first kappa shape index (κ1) is 11.0. The third-order valence-electron chi connectivity index (χ3n) is 2.55. The van der Waals surface area contributed by atoms with Crippen LogP contribution in [0.15, 0.2) is 0 Å². The molecule has 0 aromatic rings. The van der Waals surface area contributed by atoms with Gasteiger partial charge in [-0.15, -0.1) is 0 Å². The van der Waals surface area contributed by atoms with Crippen molar-refractivity contribution in [1.29, 1.82) is 0 Å².